The molecule has 0 aliphatic heterocycles. The van der Waals surface area contributed by atoms with E-state index in [1.807, 2.05) is 0 Å². The molecule has 3 fully saturated rings. The van der Waals surface area contributed by atoms with Gasteiger partial charge in [0.2, 0.25) is 0 Å². The van der Waals surface area contributed by atoms with Crippen molar-refractivity contribution in [3.05, 3.63) is 0 Å². The Labute approximate surface area is 75.7 Å². The van der Waals surface area contributed by atoms with Crippen molar-refractivity contribution >= 4 is 0 Å². The van der Waals surface area contributed by atoms with E-state index in [2.05, 4.69) is 6.92 Å². The first-order valence-corrected chi connectivity index (χ1v) is 5.92. The Morgan fingerprint density at radius 1 is 1.08 bits per heavy atom. The van der Waals surface area contributed by atoms with Gasteiger partial charge >= 0.3 is 0 Å². The highest BCUT2D eigenvalue weighted by atomic mass is 14.6. The molecular formula is C12H20. The van der Waals surface area contributed by atoms with E-state index in [1.54, 1.807) is 25.7 Å². The summed E-state index contributed by atoms with van der Waals surface area (Å²) < 4.78 is 0. The van der Waals surface area contributed by atoms with E-state index < -0.39 is 0 Å². The fourth-order valence-corrected chi connectivity index (χ4v) is 4.51. The highest BCUT2D eigenvalue weighted by Crippen LogP contribution is 2.67. The molecule has 12 heavy (non-hydrogen) atoms. The van der Waals surface area contributed by atoms with Gasteiger partial charge in [-0.3, -0.25) is 0 Å². The molecule has 0 amide bonds. The molecule has 0 aromatic carbocycles. The van der Waals surface area contributed by atoms with Crippen molar-refractivity contribution in [2.45, 2.75) is 45.4 Å². The second-order valence-electron chi connectivity index (χ2n) is 5.28. The zero-order valence-electron chi connectivity index (χ0n) is 8.13. The molecule has 0 heterocycles. The van der Waals surface area contributed by atoms with Crippen molar-refractivity contribution in [1.82, 2.24) is 0 Å². The van der Waals surface area contributed by atoms with Crippen molar-refractivity contribution in [2.24, 2.45) is 29.6 Å². The Morgan fingerprint density at radius 3 is 2.75 bits per heavy atom. The fraction of sp³-hybridized carbons (Fsp3) is 1.00. The second kappa shape index (κ2) is 2.49. The summed E-state index contributed by atoms with van der Waals surface area (Å²) in [5.74, 6) is 6.02. The zero-order valence-corrected chi connectivity index (χ0v) is 8.13. The number of hydrogen-bond acceptors (Lipinski definition) is 0. The van der Waals surface area contributed by atoms with E-state index in [-0.39, 0.29) is 0 Å². The minimum atomic E-state index is 1.17. The SMILES string of the molecule is CCCC1CC2C3CCCC3C12. The van der Waals surface area contributed by atoms with Crippen LogP contribution in [0.15, 0.2) is 0 Å². The normalized spacial score (nSPS) is 55.2. The number of rotatable bonds is 2. The van der Waals surface area contributed by atoms with Crippen molar-refractivity contribution in [3.63, 3.8) is 0 Å². The minimum absolute atomic E-state index is 1.17. The molecule has 0 bridgehead atoms. The molecule has 0 saturated heterocycles. The lowest BCUT2D eigenvalue weighted by Crippen LogP contribution is -2.56. The van der Waals surface area contributed by atoms with Gasteiger partial charge in [0.1, 0.15) is 0 Å². The second-order valence-corrected chi connectivity index (χ2v) is 5.28. The van der Waals surface area contributed by atoms with Crippen molar-refractivity contribution in [1.29, 1.82) is 0 Å². The average Bonchev–Trinajstić information content (AvgIpc) is 2.40. The molecule has 0 N–H and O–H groups in total. The summed E-state index contributed by atoms with van der Waals surface area (Å²) >= 11 is 0. The van der Waals surface area contributed by atoms with Crippen LogP contribution in [0.3, 0.4) is 0 Å². The average molecular weight is 164 g/mol. The van der Waals surface area contributed by atoms with E-state index in [9.17, 15) is 0 Å². The molecule has 3 rings (SSSR count). The lowest BCUT2D eigenvalue weighted by atomic mass is 9.43. The third-order valence-corrected chi connectivity index (χ3v) is 4.94. The summed E-state index contributed by atoms with van der Waals surface area (Å²) in [6.07, 6.45) is 9.30. The quantitative estimate of drug-likeness (QED) is 0.586. The van der Waals surface area contributed by atoms with Crippen LogP contribution in [-0.4, -0.2) is 0 Å². The van der Waals surface area contributed by atoms with Gasteiger partial charge in [0.15, 0.2) is 0 Å². The molecule has 5 unspecified atom stereocenters. The third kappa shape index (κ3) is 0.744. The summed E-state index contributed by atoms with van der Waals surface area (Å²) in [6.45, 7) is 2.35. The monoisotopic (exact) mass is 164 g/mol. The van der Waals surface area contributed by atoms with Gasteiger partial charge in [0.05, 0.1) is 0 Å². The molecule has 0 spiro atoms. The molecule has 0 aromatic rings. The summed E-state index contributed by atoms with van der Waals surface area (Å²) in [4.78, 5) is 0. The van der Waals surface area contributed by atoms with Crippen LogP contribution in [0.5, 0.6) is 0 Å². The number of fused-ring (bicyclic) bond motifs is 4. The third-order valence-electron chi connectivity index (χ3n) is 4.94. The molecule has 5 atom stereocenters. The molecule has 0 aromatic heterocycles. The van der Waals surface area contributed by atoms with E-state index in [0.717, 1.165) is 0 Å². The van der Waals surface area contributed by atoms with Gasteiger partial charge in [-0.2, -0.15) is 0 Å². The Balaban J connectivity index is 1.64. The van der Waals surface area contributed by atoms with Crippen LogP contribution in [0.4, 0.5) is 0 Å². The Morgan fingerprint density at radius 2 is 1.92 bits per heavy atom. The van der Waals surface area contributed by atoms with E-state index in [1.165, 1.54) is 42.4 Å². The maximum absolute atomic E-state index is 2.35. The fourth-order valence-electron chi connectivity index (χ4n) is 4.51. The molecular weight excluding hydrogens is 144 g/mol. The van der Waals surface area contributed by atoms with Crippen LogP contribution in [-0.2, 0) is 0 Å². The van der Waals surface area contributed by atoms with Crippen molar-refractivity contribution in [3.8, 4) is 0 Å². The molecule has 68 valence electrons. The molecule has 3 saturated carbocycles. The van der Waals surface area contributed by atoms with Crippen molar-refractivity contribution in [2.75, 3.05) is 0 Å². The van der Waals surface area contributed by atoms with E-state index >= 15 is 0 Å². The lowest BCUT2D eigenvalue weighted by molar-refractivity contribution is -0.138. The van der Waals surface area contributed by atoms with Gasteiger partial charge < -0.3 is 0 Å². The van der Waals surface area contributed by atoms with E-state index in [4.69, 9.17) is 0 Å². The Kier molecular flexibility index (Phi) is 1.54. The zero-order chi connectivity index (χ0) is 8.13. The minimum Gasteiger partial charge on any atom is -0.0654 e. The summed E-state index contributed by atoms with van der Waals surface area (Å²) in [6, 6.07) is 0. The Hall–Kier alpha value is 0. The molecule has 3 aliphatic carbocycles. The van der Waals surface area contributed by atoms with Crippen LogP contribution < -0.4 is 0 Å². The van der Waals surface area contributed by atoms with Crippen LogP contribution in [0.25, 0.3) is 0 Å². The Bertz CT molecular complexity index is 184. The first-order chi connectivity index (χ1) is 5.92. The topological polar surface area (TPSA) is 0 Å². The first kappa shape index (κ1) is 7.41. The van der Waals surface area contributed by atoms with Crippen molar-refractivity contribution < 1.29 is 0 Å². The highest BCUT2D eigenvalue weighted by Gasteiger charge is 2.60. The predicted molar refractivity (Wildman–Crippen MR) is 50.8 cm³/mol. The van der Waals surface area contributed by atoms with E-state index in [0.29, 0.717) is 0 Å². The van der Waals surface area contributed by atoms with Gasteiger partial charge in [0.25, 0.3) is 0 Å². The van der Waals surface area contributed by atoms with Crippen LogP contribution in [0, 0.1) is 29.6 Å². The van der Waals surface area contributed by atoms with Gasteiger partial charge in [-0.1, -0.05) is 26.2 Å². The van der Waals surface area contributed by atoms with Crippen LogP contribution in [0.1, 0.15) is 45.4 Å². The molecule has 0 heteroatoms. The summed E-state index contributed by atoms with van der Waals surface area (Å²) in [7, 11) is 0. The maximum Gasteiger partial charge on any atom is -0.0323 e. The first-order valence-electron chi connectivity index (χ1n) is 5.92. The standard InChI is InChI=1S/C12H20/c1-2-4-8-7-11-9-5-3-6-10(9)12(8)11/h8-12H,2-7H2,1H3. The van der Waals surface area contributed by atoms with Crippen LogP contribution in [0.2, 0.25) is 0 Å². The summed E-state index contributed by atoms with van der Waals surface area (Å²) in [5.41, 5.74) is 0. The molecule has 3 aliphatic rings. The van der Waals surface area contributed by atoms with Crippen LogP contribution >= 0.6 is 0 Å². The lowest BCUT2D eigenvalue weighted by Gasteiger charge is -2.62. The predicted octanol–water partition coefficient (Wildman–Crippen LogP) is 3.47. The molecule has 0 nitrogen and oxygen atoms in total. The number of hydrogen-bond donors (Lipinski definition) is 0. The summed E-state index contributed by atoms with van der Waals surface area (Å²) in [5, 5.41) is 0. The maximum atomic E-state index is 2.35. The largest absolute Gasteiger partial charge is 0.0654 e. The van der Waals surface area contributed by atoms with Gasteiger partial charge in [-0.05, 0) is 48.9 Å². The van der Waals surface area contributed by atoms with Gasteiger partial charge in [0, 0.05) is 0 Å². The highest BCUT2D eigenvalue weighted by molar-refractivity contribution is 5.09. The smallest absolute Gasteiger partial charge is 0.0323 e. The molecule has 0 radical (unpaired) electrons. The van der Waals surface area contributed by atoms with Gasteiger partial charge in [-0.15, -0.1) is 0 Å². The van der Waals surface area contributed by atoms with Gasteiger partial charge in [-0.25, -0.2) is 0 Å².